The number of thioether (sulfide) groups is 1. The van der Waals surface area contributed by atoms with E-state index >= 15 is 0 Å². The van der Waals surface area contributed by atoms with E-state index in [0.29, 0.717) is 13.0 Å². The van der Waals surface area contributed by atoms with Crippen LogP contribution in [0.3, 0.4) is 0 Å². The molecule has 1 aliphatic heterocycles. The van der Waals surface area contributed by atoms with Gasteiger partial charge in [0.15, 0.2) is 0 Å². The fraction of sp³-hybridized carbons (Fsp3) is 0.889. The molecular formula is C9H17NO2S. The predicted molar refractivity (Wildman–Crippen MR) is 54.8 cm³/mol. The van der Waals surface area contributed by atoms with Crippen molar-refractivity contribution >= 4 is 17.7 Å². The molecule has 4 heteroatoms. The van der Waals surface area contributed by atoms with E-state index in [1.165, 1.54) is 0 Å². The molecule has 0 aliphatic carbocycles. The summed E-state index contributed by atoms with van der Waals surface area (Å²) >= 11 is 1.73. The van der Waals surface area contributed by atoms with Gasteiger partial charge in [-0.05, 0) is 31.9 Å². The third-order valence-corrected chi connectivity index (χ3v) is 3.46. The van der Waals surface area contributed by atoms with Crippen LogP contribution in [0.4, 0.5) is 0 Å². The van der Waals surface area contributed by atoms with Gasteiger partial charge in [-0.15, -0.1) is 11.8 Å². The molecule has 2 unspecified atom stereocenters. The van der Waals surface area contributed by atoms with Crippen LogP contribution >= 0.6 is 11.8 Å². The highest BCUT2D eigenvalue weighted by Gasteiger charge is 2.22. The lowest BCUT2D eigenvalue weighted by atomic mass is 10.2. The van der Waals surface area contributed by atoms with Gasteiger partial charge in [-0.2, -0.15) is 0 Å². The molecule has 0 aromatic rings. The molecule has 1 saturated heterocycles. The molecule has 2 N–H and O–H groups in total. The van der Waals surface area contributed by atoms with Crippen LogP contribution in [0.5, 0.6) is 0 Å². The van der Waals surface area contributed by atoms with Crippen LogP contribution in [0.15, 0.2) is 0 Å². The van der Waals surface area contributed by atoms with E-state index in [1.54, 1.807) is 18.7 Å². The summed E-state index contributed by atoms with van der Waals surface area (Å²) in [6.45, 7) is 2.32. The molecule has 1 rings (SSSR count). The molecule has 1 amide bonds. The Balaban J connectivity index is 2.10. The maximum Gasteiger partial charge on any atom is 0.233 e. The van der Waals surface area contributed by atoms with Crippen LogP contribution in [0, 0.1) is 0 Å². The van der Waals surface area contributed by atoms with Crippen LogP contribution in [0.25, 0.3) is 0 Å². The summed E-state index contributed by atoms with van der Waals surface area (Å²) in [5.74, 6) is 1.25. The molecule has 1 fully saturated rings. The second-order valence-electron chi connectivity index (χ2n) is 3.43. The Kier molecular flexibility index (Phi) is 4.59. The molecule has 2 atom stereocenters. The number of hydrogen-bond acceptors (Lipinski definition) is 3. The van der Waals surface area contributed by atoms with Crippen molar-refractivity contribution in [2.24, 2.45) is 0 Å². The molecule has 3 nitrogen and oxygen atoms in total. The van der Waals surface area contributed by atoms with Gasteiger partial charge in [-0.1, -0.05) is 0 Å². The quantitative estimate of drug-likeness (QED) is 0.709. The molecular weight excluding hydrogens is 186 g/mol. The van der Waals surface area contributed by atoms with E-state index in [2.05, 4.69) is 5.32 Å². The minimum Gasteiger partial charge on any atom is -0.393 e. The van der Waals surface area contributed by atoms with E-state index in [-0.39, 0.29) is 17.3 Å². The van der Waals surface area contributed by atoms with E-state index in [1.807, 2.05) is 0 Å². The maximum atomic E-state index is 11.4. The lowest BCUT2D eigenvalue weighted by molar-refractivity contribution is -0.120. The number of amides is 1. The fourth-order valence-electron chi connectivity index (χ4n) is 1.30. The lowest BCUT2D eigenvalue weighted by Crippen LogP contribution is -2.33. The standard InChI is InChI=1S/C9H17NO2S/c1-7(11)4-5-10-9(12)8-3-2-6-13-8/h7-8,11H,2-6H2,1H3,(H,10,12). The summed E-state index contributed by atoms with van der Waals surface area (Å²) in [6.07, 6.45) is 2.48. The molecule has 0 bridgehead atoms. The molecule has 0 aromatic heterocycles. The van der Waals surface area contributed by atoms with Crippen molar-refractivity contribution in [1.29, 1.82) is 0 Å². The van der Waals surface area contributed by atoms with Crippen LogP contribution < -0.4 is 5.32 Å². The summed E-state index contributed by atoms with van der Waals surface area (Å²) in [4.78, 5) is 11.4. The number of nitrogens with one attached hydrogen (secondary N) is 1. The number of carbonyl (C=O) groups excluding carboxylic acids is 1. The van der Waals surface area contributed by atoms with Crippen LogP contribution in [0.1, 0.15) is 26.2 Å². The normalized spacial score (nSPS) is 24.3. The zero-order valence-electron chi connectivity index (χ0n) is 7.95. The smallest absolute Gasteiger partial charge is 0.233 e. The maximum absolute atomic E-state index is 11.4. The Bertz CT molecular complexity index is 167. The van der Waals surface area contributed by atoms with Crippen molar-refractivity contribution in [3.63, 3.8) is 0 Å². The molecule has 0 spiro atoms. The third kappa shape index (κ3) is 4.00. The van der Waals surface area contributed by atoms with Gasteiger partial charge in [-0.25, -0.2) is 0 Å². The number of rotatable bonds is 4. The molecule has 0 radical (unpaired) electrons. The number of carbonyl (C=O) groups is 1. The van der Waals surface area contributed by atoms with Gasteiger partial charge in [0, 0.05) is 6.54 Å². The monoisotopic (exact) mass is 203 g/mol. The van der Waals surface area contributed by atoms with Gasteiger partial charge in [0.25, 0.3) is 0 Å². The Labute approximate surface area is 83.3 Å². The first-order chi connectivity index (χ1) is 6.20. The molecule has 1 aliphatic rings. The third-order valence-electron chi connectivity index (χ3n) is 2.08. The lowest BCUT2D eigenvalue weighted by Gasteiger charge is -2.10. The van der Waals surface area contributed by atoms with E-state index in [9.17, 15) is 4.79 Å². The molecule has 1 heterocycles. The fourth-order valence-corrected chi connectivity index (χ4v) is 2.49. The highest BCUT2D eigenvalue weighted by Crippen LogP contribution is 2.25. The van der Waals surface area contributed by atoms with Crippen molar-refractivity contribution in [2.75, 3.05) is 12.3 Å². The second-order valence-corrected chi connectivity index (χ2v) is 4.74. The summed E-state index contributed by atoms with van der Waals surface area (Å²) in [6, 6.07) is 0. The van der Waals surface area contributed by atoms with E-state index < -0.39 is 0 Å². The van der Waals surface area contributed by atoms with Gasteiger partial charge < -0.3 is 10.4 Å². The van der Waals surface area contributed by atoms with Gasteiger partial charge in [0.1, 0.15) is 0 Å². The van der Waals surface area contributed by atoms with Crippen molar-refractivity contribution in [3.05, 3.63) is 0 Å². The molecule has 0 saturated carbocycles. The molecule has 0 aromatic carbocycles. The topological polar surface area (TPSA) is 49.3 Å². The molecule has 13 heavy (non-hydrogen) atoms. The zero-order valence-corrected chi connectivity index (χ0v) is 8.77. The second kappa shape index (κ2) is 5.50. The van der Waals surface area contributed by atoms with Gasteiger partial charge in [-0.3, -0.25) is 4.79 Å². The van der Waals surface area contributed by atoms with Gasteiger partial charge in [0.2, 0.25) is 5.91 Å². The first kappa shape index (κ1) is 10.9. The number of hydrogen-bond donors (Lipinski definition) is 2. The largest absolute Gasteiger partial charge is 0.393 e. The summed E-state index contributed by atoms with van der Waals surface area (Å²) in [5, 5.41) is 12.0. The minimum absolute atomic E-state index is 0.142. The Hall–Kier alpha value is -0.220. The van der Waals surface area contributed by atoms with Gasteiger partial charge in [0.05, 0.1) is 11.4 Å². The predicted octanol–water partition coefficient (Wildman–Crippen LogP) is 0.769. The first-order valence-electron chi connectivity index (χ1n) is 4.77. The van der Waals surface area contributed by atoms with E-state index in [0.717, 1.165) is 18.6 Å². The summed E-state index contributed by atoms with van der Waals surface area (Å²) < 4.78 is 0. The highest BCUT2D eigenvalue weighted by atomic mass is 32.2. The Morgan fingerprint density at radius 2 is 2.54 bits per heavy atom. The van der Waals surface area contributed by atoms with Crippen molar-refractivity contribution < 1.29 is 9.90 Å². The number of aliphatic hydroxyl groups excluding tert-OH is 1. The van der Waals surface area contributed by atoms with Crippen LogP contribution in [-0.2, 0) is 4.79 Å². The summed E-state index contributed by atoms with van der Waals surface area (Å²) in [5.41, 5.74) is 0. The average Bonchev–Trinajstić information content (AvgIpc) is 2.55. The van der Waals surface area contributed by atoms with Crippen molar-refractivity contribution in [1.82, 2.24) is 5.32 Å². The molecule has 76 valence electrons. The highest BCUT2D eigenvalue weighted by molar-refractivity contribution is 8.00. The SMILES string of the molecule is CC(O)CCNC(=O)C1CCCS1. The number of aliphatic hydroxyl groups is 1. The first-order valence-corrected chi connectivity index (χ1v) is 5.82. The van der Waals surface area contributed by atoms with Gasteiger partial charge >= 0.3 is 0 Å². The zero-order chi connectivity index (χ0) is 9.68. The summed E-state index contributed by atoms with van der Waals surface area (Å²) in [7, 11) is 0. The Morgan fingerprint density at radius 1 is 1.77 bits per heavy atom. The Morgan fingerprint density at radius 3 is 3.08 bits per heavy atom. The van der Waals surface area contributed by atoms with Crippen LogP contribution in [0.2, 0.25) is 0 Å². The van der Waals surface area contributed by atoms with E-state index in [4.69, 9.17) is 5.11 Å². The van der Waals surface area contributed by atoms with Crippen LogP contribution in [-0.4, -0.2) is 34.7 Å². The van der Waals surface area contributed by atoms with Crippen molar-refractivity contribution in [3.8, 4) is 0 Å². The average molecular weight is 203 g/mol. The minimum atomic E-state index is -0.323. The van der Waals surface area contributed by atoms with Crippen molar-refractivity contribution in [2.45, 2.75) is 37.5 Å².